The van der Waals surface area contributed by atoms with Gasteiger partial charge in [-0.2, -0.15) is 0 Å². The molecule has 0 spiro atoms. The molecule has 0 fully saturated rings. The molecule has 2 aromatic carbocycles. The lowest BCUT2D eigenvalue weighted by Crippen LogP contribution is -2.00. The minimum Gasteiger partial charge on any atom is -0.381 e. The minimum atomic E-state index is 0.507. The van der Waals surface area contributed by atoms with Crippen LogP contribution in [0.3, 0.4) is 0 Å². The van der Waals surface area contributed by atoms with Crippen LogP contribution >= 0.6 is 34.8 Å². The van der Waals surface area contributed by atoms with Crippen molar-refractivity contribution in [1.29, 1.82) is 0 Å². The molecule has 0 aliphatic heterocycles. The van der Waals surface area contributed by atoms with E-state index in [0.717, 1.165) is 16.8 Å². The highest BCUT2D eigenvalue weighted by atomic mass is 35.5. The van der Waals surface area contributed by atoms with Crippen molar-refractivity contribution in [3.8, 4) is 0 Å². The van der Waals surface area contributed by atoms with Gasteiger partial charge in [-0.1, -0.05) is 35.3 Å². The standard InChI is InChI=1S/C14H12Cl3N/c15-8-10-2-1-3-13(6-10)18-9-11-7-12(16)4-5-14(11)17/h1-7,18H,8-9H2. The van der Waals surface area contributed by atoms with Crippen molar-refractivity contribution in [3.05, 3.63) is 63.6 Å². The van der Waals surface area contributed by atoms with Crippen LogP contribution < -0.4 is 5.32 Å². The third-order valence-electron chi connectivity index (χ3n) is 2.57. The van der Waals surface area contributed by atoms with Crippen molar-refractivity contribution in [2.45, 2.75) is 12.4 Å². The molecule has 18 heavy (non-hydrogen) atoms. The Morgan fingerprint density at radius 3 is 2.61 bits per heavy atom. The smallest absolute Gasteiger partial charge is 0.0474 e. The number of rotatable bonds is 4. The first-order valence-corrected chi connectivity index (χ1v) is 6.81. The summed E-state index contributed by atoms with van der Waals surface area (Å²) >= 11 is 17.8. The molecular formula is C14H12Cl3N. The topological polar surface area (TPSA) is 12.0 Å². The van der Waals surface area contributed by atoms with E-state index in [4.69, 9.17) is 34.8 Å². The minimum absolute atomic E-state index is 0.507. The average Bonchev–Trinajstić information content (AvgIpc) is 2.40. The molecule has 0 radical (unpaired) electrons. The number of halogens is 3. The molecule has 0 heterocycles. The van der Waals surface area contributed by atoms with Gasteiger partial charge in [0, 0.05) is 28.2 Å². The lowest BCUT2D eigenvalue weighted by atomic mass is 10.2. The van der Waals surface area contributed by atoms with Gasteiger partial charge in [0.05, 0.1) is 0 Å². The van der Waals surface area contributed by atoms with Crippen molar-refractivity contribution in [2.24, 2.45) is 0 Å². The van der Waals surface area contributed by atoms with Crippen LogP contribution in [0.5, 0.6) is 0 Å². The van der Waals surface area contributed by atoms with Gasteiger partial charge in [0.15, 0.2) is 0 Å². The van der Waals surface area contributed by atoms with Crippen LogP contribution in [0, 0.1) is 0 Å². The van der Waals surface area contributed by atoms with Crippen LogP contribution in [0.4, 0.5) is 5.69 Å². The number of hydrogen-bond acceptors (Lipinski definition) is 1. The largest absolute Gasteiger partial charge is 0.381 e. The van der Waals surface area contributed by atoms with Gasteiger partial charge >= 0.3 is 0 Å². The molecule has 2 rings (SSSR count). The van der Waals surface area contributed by atoms with E-state index in [-0.39, 0.29) is 0 Å². The third-order valence-corrected chi connectivity index (χ3v) is 3.48. The fraction of sp³-hybridized carbons (Fsp3) is 0.143. The average molecular weight is 301 g/mol. The molecule has 0 bridgehead atoms. The van der Waals surface area contributed by atoms with E-state index in [1.807, 2.05) is 30.3 Å². The molecule has 94 valence electrons. The van der Waals surface area contributed by atoms with Gasteiger partial charge in [0.2, 0.25) is 0 Å². The molecule has 0 saturated heterocycles. The van der Waals surface area contributed by atoms with Crippen molar-refractivity contribution in [2.75, 3.05) is 5.32 Å². The maximum Gasteiger partial charge on any atom is 0.0474 e. The Morgan fingerprint density at radius 1 is 1.00 bits per heavy atom. The second kappa shape index (κ2) is 6.33. The van der Waals surface area contributed by atoms with Gasteiger partial charge < -0.3 is 5.32 Å². The molecule has 1 N–H and O–H groups in total. The zero-order valence-corrected chi connectivity index (χ0v) is 11.9. The van der Waals surface area contributed by atoms with Crippen molar-refractivity contribution < 1.29 is 0 Å². The summed E-state index contributed by atoms with van der Waals surface area (Å²) in [7, 11) is 0. The molecule has 0 unspecified atom stereocenters. The molecule has 0 aliphatic rings. The van der Waals surface area contributed by atoms with Gasteiger partial charge in [-0.25, -0.2) is 0 Å². The van der Waals surface area contributed by atoms with Crippen LogP contribution in [0.25, 0.3) is 0 Å². The summed E-state index contributed by atoms with van der Waals surface area (Å²) in [4.78, 5) is 0. The number of benzene rings is 2. The summed E-state index contributed by atoms with van der Waals surface area (Å²) < 4.78 is 0. The van der Waals surface area contributed by atoms with E-state index in [9.17, 15) is 0 Å². The van der Waals surface area contributed by atoms with Crippen LogP contribution in [0.1, 0.15) is 11.1 Å². The quantitative estimate of drug-likeness (QED) is 0.751. The van der Waals surface area contributed by atoms with E-state index >= 15 is 0 Å². The Kier molecular flexibility index (Phi) is 4.76. The van der Waals surface area contributed by atoms with Gasteiger partial charge in [0.25, 0.3) is 0 Å². The van der Waals surface area contributed by atoms with Crippen molar-refractivity contribution in [1.82, 2.24) is 0 Å². The molecule has 0 aromatic heterocycles. The molecule has 1 nitrogen and oxygen atoms in total. The molecule has 0 amide bonds. The normalized spacial score (nSPS) is 10.4. The monoisotopic (exact) mass is 299 g/mol. The Morgan fingerprint density at radius 2 is 1.83 bits per heavy atom. The highest BCUT2D eigenvalue weighted by molar-refractivity contribution is 6.33. The van der Waals surface area contributed by atoms with Gasteiger partial charge in [0.1, 0.15) is 0 Å². The van der Waals surface area contributed by atoms with Gasteiger partial charge in [-0.3, -0.25) is 0 Å². The zero-order valence-electron chi connectivity index (χ0n) is 9.59. The van der Waals surface area contributed by atoms with Crippen molar-refractivity contribution in [3.63, 3.8) is 0 Å². The molecule has 0 saturated carbocycles. The molecule has 4 heteroatoms. The Bertz CT molecular complexity index is 540. The maximum atomic E-state index is 6.10. The Hall–Kier alpha value is -0.890. The summed E-state index contributed by atoms with van der Waals surface area (Å²) in [5.41, 5.74) is 3.07. The van der Waals surface area contributed by atoms with E-state index < -0.39 is 0 Å². The summed E-state index contributed by atoms with van der Waals surface area (Å²) in [5.74, 6) is 0.507. The lowest BCUT2D eigenvalue weighted by Gasteiger charge is -2.09. The maximum absolute atomic E-state index is 6.10. The predicted octanol–water partition coefficient (Wildman–Crippen LogP) is 5.34. The summed E-state index contributed by atoms with van der Waals surface area (Å²) in [6.07, 6.45) is 0. The highest BCUT2D eigenvalue weighted by Crippen LogP contribution is 2.22. The first kappa shape index (κ1) is 13.5. The summed E-state index contributed by atoms with van der Waals surface area (Å²) in [5, 5.41) is 4.70. The molecule has 0 aliphatic carbocycles. The number of nitrogens with one attached hydrogen (secondary N) is 1. The number of alkyl halides is 1. The predicted molar refractivity (Wildman–Crippen MR) is 79.8 cm³/mol. The van der Waals surface area contributed by atoms with Crippen LogP contribution in [-0.2, 0) is 12.4 Å². The Labute approximate surface area is 122 Å². The summed E-state index contributed by atoms with van der Waals surface area (Å²) in [6, 6.07) is 13.4. The van der Waals surface area contributed by atoms with E-state index in [0.29, 0.717) is 22.5 Å². The second-order valence-electron chi connectivity index (χ2n) is 3.92. The van der Waals surface area contributed by atoms with Crippen LogP contribution in [0.15, 0.2) is 42.5 Å². The SMILES string of the molecule is ClCc1cccc(NCc2cc(Cl)ccc2Cl)c1. The first-order valence-electron chi connectivity index (χ1n) is 5.52. The highest BCUT2D eigenvalue weighted by Gasteiger charge is 2.01. The number of hydrogen-bond donors (Lipinski definition) is 1. The van der Waals surface area contributed by atoms with E-state index in [2.05, 4.69) is 5.32 Å². The molecular weight excluding hydrogens is 289 g/mol. The summed E-state index contributed by atoms with van der Waals surface area (Å²) in [6.45, 7) is 0.630. The van der Waals surface area contributed by atoms with Crippen LogP contribution in [-0.4, -0.2) is 0 Å². The number of anilines is 1. The fourth-order valence-corrected chi connectivity index (χ4v) is 2.19. The molecule has 0 atom stereocenters. The van der Waals surface area contributed by atoms with Crippen LogP contribution in [0.2, 0.25) is 10.0 Å². The zero-order chi connectivity index (χ0) is 13.0. The van der Waals surface area contributed by atoms with Gasteiger partial charge in [-0.05, 0) is 41.5 Å². The molecule has 2 aromatic rings. The second-order valence-corrected chi connectivity index (χ2v) is 5.03. The van der Waals surface area contributed by atoms with E-state index in [1.54, 1.807) is 12.1 Å². The third kappa shape index (κ3) is 3.55. The van der Waals surface area contributed by atoms with E-state index in [1.165, 1.54) is 0 Å². The van der Waals surface area contributed by atoms with Gasteiger partial charge in [-0.15, -0.1) is 11.6 Å². The Balaban J connectivity index is 2.08. The fourth-order valence-electron chi connectivity index (χ4n) is 1.64. The first-order chi connectivity index (χ1) is 8.69. The van der Waals surface area contributed by atoms with Crippen molar-refractivity contribution >= 4 is 40.5 Å². The lowest BCUT2D eigenvalue weighted by molar-refractivity contribution is 1.15.